The van der Waals surface area contributed by atoms with Crippen molar-refractivity contribution in [3.8, 4) is 0 Å². The Kier molecular flexibility index (Phi) is 4.22. The fraction of sp³-hybridized carbons (Fsp3) is 0.529. The maximum absolute atomic E-state index is 6.72. The Morgan fingerprint density at radius 2 is 2.19 bits per heavy atom. The van der Waals surface area contributed by atoms with Crippen LogP contribution in [-0.4, -0.2) is 35.9 Å². The van der Waals surface area contributed by atoms with Crippen molar-refractivity contribution in [3.63, 3.8) is 0 Å². The molecule has 8 nitrogen and oxygen atoms in total. The van der Waals surface area contributed by atoms with Gasteiger partial charge in [-0.05, 0) is 25.7 Å². The third kappa shape index (κ3) is 2.78. The first-order valence-electron chi connectivity index (χ1n) is 8.91. The topological polar surface area (TPSA) is 90.2 Å². The summed E-state index contributed by atoms with van der Waals surface area (Å²) in [6, 6.07) is 1.99. The van der Waals surface area contributed by atoms with E-state index in [1.165, 1.54) is 10.8 Å². The summed E-state index contributed by atoms with van der Waals surface area (Å²) >= 11 is 6.72. The van der Waals surface area contributed by atoms with E-state index in [-0.39, 0.29) is 6.04 Å². The largest absolute Gasteiger partial charge is 0.383 e. The normalized spacial score (nSPS) is 17.7. The quantitative estimate of drug-likeness (QED) is 0.755. The molecule has 0 saturated carbocycles. The minimum Gasteiger partial charge on any atom is -0.383 e. The van der Waals surface area contributed by atoms with Gasteiger partial charge in [0, 0.05) is 24.7 Å². The number of rotatable bonds is 4. The first-order valence-corrected chi connectivity index (χ1v) is 9.29. The average Bonchev–Trinajstić information content (AvgIpc) is 3.27. The van der Waals surface area contributed by atoms with Crippen molar-refractivity contribution in [1.82, 2.24) is 29.4 Å². The summed E-state index contributed by atoms with van der Waals surface area (Å²) < 4.78 is 3.45. The lowest BCUT2D eigenvalue weighted by Gasteiger charge is -2.26. The maximum Gasteiger partial charge on any atom is 0.256 e. The molecule has 1 atom stereocenters. The van der Waals surface area contributed by atoms with Gasteiger partial charge in [-0.25, -0.2) is 0 Å². The minimum atomic E-state index is 0.140. The number of fused-ring (bicyclic) bond motifs is 1. The molecule has 1 saturated heterocycles. The molecule has 0 aliphatic carbocycles. The molecule has 0 amide bonds. The highest BCUT2D eigenvalue weighted by Gasteiger charge is 2.33. The molecular weight excluding hydrogens is 352 g/mol. The van der Waals surface area contributed by atoms with Crippen LogP contribution >= 0.6 is 11.6 Å². The highest BCUT2D eigenvalue weighted by molar-refractivity contribution is 6.30. The van der Waals surface area contributed by atoms with Crippen LogP contribution in [-0.2, 0) is 6.54 Å². The predicted molar refractivity (Wildman–Crippen MR) is 101 cm³/mol. The van der Waals surface area contributed by atoms with Gasteiger partial charge >= 0.3 is 0 Å². The van der Waals surface area contributed by atoms with Gasteiger partial charge in [0.25, 0.3) is 5.78 Å². The summed E-state index contributed by atoms with van der Waals surface area (Å²) in [7, 11) is 0. The molecule has 1 aliphatic heterocycles. The second kappa shape index (κ2) is 6.42. The molecule has 4 heterocycles. The van der Waals surface area contributed by atoms with Gasteiger partial charge in [-0.15, -0.1) is 0 Å². The molecule has 1 aliphatic rings. The molecule has 0 aromatic carbocycles. The number of hydrogen-bond acceptors (Lipinski definition) is 6. The van der Waals surface area contributed by atoms with E-state index in [1.54, 1.807) is 0 Å². The van der Waals surface area contributed by atoms with Gasteiger partial charge in [0.05, 0.1) is 11.7 Å². The second-order valence-corrected chi connectivity index (χ2v) is 7.59. The molecular formula is C17H23ClN8. The number of aromatic nitrogens is 6. The van der Waals surface area contributed by atoms with E-state index in [1.807, 2.05) is 17.7 Å². The van der Waals surface area contributed by atoms with Crippen molar-refractivity contribution < 1.29 is 0 Å². The van der Waals surface area contributed by atoms with E-state index in [2.05, 4.69) is 38.9 Å². The summed E-state index contributed by atoms with van der Waals surface area (Å²) in [5, 5.41) is 9.48. The molecule has 0 bridgehead atoms. The van der Waals surface area contributed by atoms with Crippen LogP contribution in [0.25, 0.3) is 5.78 Å². The number of nitrogens with two attached hydrogens (primary N) is 1. The van der Waals surface area contributed by atoms with E-state index >= 15 is 0 Å². The van der Waals surface area contributed by atoms with Crippen LogP contribution in [0, 0.1) is 12.8 Å². The molecule has 3 aromatic rings. The van der Waals surface area contributed by atoms with Gasteiger partial charge in [0.15, 0.2) is 0 Å². The number of aryl methyl sites for hydroxylation is 1. The zero-order valence-corrected chi connectivity index (χ0v) is 16.0. The number of nitrogen functional groups attached to an aromatic ring is 1. The second-order valence-electron chi connectivity index (χ2n) is 7.23. The van der Waals surface area contributed by atoms with Crippen LogP contribution in [0.3, 0.4) is 0 Å². The van der Waals surface area contributed by atoms with Crippen molar-refractivity contribution in [3.05, 3.63) is 28.8 Å². The Morgan fingerprint density at radius 1 is 1.38 bits per heavy atom. The van der Waals surface area contributed by atoms with Crippen LogP contribution in [0.15, 0.2) is 12.4 Å². The molecule has 1 unspecified atom stereocenters. The van der Waals surface area contributed by atoms with E-state index < -0.39 is 0 Å². The molecule has 9 heteroatoms. The van der Waals surface area contributed by atoms with Gasteiger partial charge in [-0.2, -0.15) is 24.7 Å². The predicted octanol–water partition coefficient (Wildman–Crippen LogP) is 2.86. The van der Waals surface area contributed by atoms with Crippen LogP contribution < -0.4 is 10.6 Å². The summed E-state index contributed by atoms with van der Waals surface area (Å²) in [4.78, 5) is 11.1. The monoisotopic (exact) mass is 374 g/mol. The smallest absolute Gasteiger partial charge is 0.256 e. The third-order valence-electron chi connectivity index (χ3n) is 4.79. The lowest BCUT2D eigenvalue weighted by molar-refractivity contribution is 0.481. The Bertz CT molecular complexity index is 944. The molecule has 4 rings (SSSR count). The molecule has 0 radical (unpaired) electrons. The molecule has 2 N–H and O–H groups in total. The van der Waals surface area contributed by atoms with Crippen LogP contribution in [0.2, 0.25) is 5.15 Å². The fourth-order valence-corrected chi connectivity index (χ4v) is 4.09. The van der Waals surface area contributed by atoms with Crippen LogP contribution in [0.1, 0.15) is 44.0 Å². The molecule has 0 spiro atoms. The van der Waals surface area contributed by atoms with Gasteiger partial charge in [0.2, 0.25) is 0 Å². The number of anilines is 2. The van der Waals surface area contributed by atoms with Crippen molar-refractivity contribution in [2.75, 3.05) is 17.2 Å². The molecule has 3 aromatic heterocycles. The minimum absolute atomic E-state index is 0.140. The molecule has 138 valence electrons. The highest BCUT2D eigenvalue weighted by atomic mass is 35.5. The maximum atomic E-state index is 6.72. The van der Waals surface area contributed by atoms with Crippen molar-refractivity contribution in [2.24, 2.45) is 5.92 Å². The summed E-state index contributed by atoms with van der Waals surface area (Å²) in [5.74, 6) is 2.31. The van der Waals surface area contributed by atoms with Crippen molar-refractivity contribution in [2.45, 2.75) is 46.2 Å². The van der Waals surface area contributed by atoms with E-state index in [4.69, 9.17) is 17.3 Å². The van der Waals surface area contributed by atoms with Crippen molar-refractivity contribution >= 4 is 29.0 Å². The number of nitrogens with zero attached hydrogens (tertiary/aromatic N) is 7. The van der Waals surface area contributed by atoms with Crippen molar-refractivity contribution in [1.29, 1.82) is 0 Å². The summed E-state index contributed by atoms with van der Waals surface area (Å²) in [6.07, 6.45) is 3.53. The van der Waals surface area contributed by atoms with Gasteiger partial charge in [-0.3, -0.25) is 4.68 Å². The number of halogens is 1. The summed E-state index contributed by atoms with van der Waals surface area (Å²) in [6.45, 7) is 8.05. The Balaban J connectivity index is 1.73. The van der Waals surface area contributed by atoms with E-state index in [9.17, 15) is 0 Å². The summed E-state index contributed by atoms with van der Waals surface area (Å²) in [5.41, 5.74) is 8.19. The van der Waals surface area contributed by atoms with E-state index in [0.717, 1.165) is 48.2 Å². The SMILES string of the molecule is Cc1nn(CC(C)C)c(Cl)c1C1CCCN1c1cc(N)n2ncnc2n1. The average molecular weight is 375 g/mol. The zero-order chi connectivity index (χ0) is 18.4. The Labute approximate surface area is 157 Å². The molecule has 1 fully saturated rings. The first-order chi connectivity index (χ1) is 12.5. The highest BCUT2D eigenvalue weighted by Crippen LogP contribution is 2.40. The lowest BCUT2D eigenvalue weighted by atomic mass is 10.1. The van der Waals surface area contributed by atoms with Gasteiger partial charge < -0.3 is 10.6 Å². The third-order valence-corrected chi connectivity index (χ3v) is 5.19. The standard InChI is InChI=1S/C17H23ClN8/c1-10(2)8-25-16(18)15(11(3)23-25)12-5-4-6-24(12)14-7-13(19)26-17(22-14)20-9-21-26/h7,9-10,12H,4-6,8,19H2,1-3H3. The van der Waals surface area contributed by atoms with Crippen LogP contribution in [0.4, 0.5) is 11.6 Å². The van der Waals surface area contributed by atoms with E-state index in [0.29, 0.717) is 17.5 Å². The van der Waals surface area contributed by atoms with Gasteiger partial charge in [-0.1, -0.05) is 25.4 Å². The first kappa shape index (κ1) is 17.1. The lowest BCUT2D eigenvalue weighted by Crippen LogP contribution is -2.24. The number of hydrogen-bond donors (Lipinski definition) is 1. The Hall–Kier alpha value is -2.35. The Morgan fingerprint density at radius 3 is 2.96 bits per heavy atom. The van der Waals surface area contributed by atoms with Crippen LogP contribution in [0.5, 0.6) is 0 Å². The van der Waals surface area contributed by atoms with Gasteiger partial charge in [0.1, 0.15) is 23.1 Å². The zero-order valence-electron chi connectivity index (χ0n) is 15.2. The molecule has 26 heavy (non-hydrogen) atoms. The fourth-order valence-electron chi connectivity index (χ4n) is 3.72.